The summed E-state index contributed by atoms with van der Waals surface area (Å²) in [5, 5.41) is 0. The van der Waals surface area contributed by atoms with E-state index in [1.165, 1.54) is 0 Å². The van der Waals surface area contributed by atoms with Gasteiger partial charge in [0, 0.05) is 17.3 Å². The van der Waals surface area contributed by atoms with Crippen LogP contribution in [0, 0.1) is 6.92 Å². The van der Waals surface area contributed by atoms with Crippen molar-refractivity contribution < 1.29 is 13.2 Å². The molecular formula is C10H11F3N2. The summed E-state index contributed by atoms with van der Waals surface area (Å²) >= 11 is 0. The van der Waals surface area contributed by atoms with Gasteiger partial charge in [-0.25, -0.2) is 9.97 Å². The summed E-state index contributed by atoms with van der Waals surface area (Å²) < 4.78 is 37.2. The van der Waals surface area contributed by atoms with Gasteiger partial charge in [-0.15, -0.1) is 0 Å². The molecule has 0 bridgehead atoms. The standard InChI is InChI=1S/C10H11F3N2/c1-6-5-8(7-3-2-4-7)15-9(14-6)10(11,12)13/h5,7H,2-4H2,1H3. The third-order valence-electron chi connectivity index (χ3n) is 2.65. The number of rotatable bonds is 1. The molecule has 0 saturated heterocycles. The highest BCUT2D eigenvalue weighted by molar-refractivity contribution is 5.17. The molecule has 15 heavy (non-hydrogen) atoms. The average molecular weight is 216 g/mol. The molecule has 0 unspecified atom stereocenters. The minimum atomic E-state index is -4.44. The molecule has 0 aromatic carbocycles. The summed E-state index contributed by atoms with van der Waals surface area (Å²) in [5.41, 5.74) is 0.931. The van der Waals surface area contributed by atoms with Crippen molar-refractivity contribution >= 4 is 0 Å². The molecule has 0 aliphatic heterocycles. The highest BCUT2D eigenvalue weighted by atomic mass is 19.4. The van der Waals surface area contributed by atoms with Gasteiger partial charge in [-0.3, -0.25) is 0 Å². The van der Waals surface area contributed by atoms with Crippen molar-refractivity contribution in [2.45, 2.75) is 38.3 Å². The molecule has 1 aliphatic rings. The first-order valence-corrected chi connectivity index (χ1v) is 4.89. The molecule has 0 atom stereocenters. The van der Waals surface area contributed by atoms with Crippen LogP contribution >= 0.6 is 0 Å². The first-order chi connectivity index (χ1) is 6.97. The Morgan fingerprint density at radius 2 is 1.93 bits per heavy atom. The monoisotopic (exact) mass is 216 g/mol. The van der Waals surface area contributed by atoms with E-state index in [0.29, 0.717) is 11.4 Å². The molecule has 5 heteroatoms. The fourth-order valence-electron chi connectivity index (χ4n) is 1.63. The van der Waals surface area contributed by atoms with Crippen LogP contribution in [0.3, 0.4) is 0 Å². The molecule has 2 nitrogen and oxygen atoms in total. The molecule has 1 aliphatic carbocycles. The van der Waals surface area contributed by atoms with Gasteiger partial charge in [-0.1, -0.05) is 6.42 Å². The van der Waals surface area contributed by atoms with Crippen LogP contribution in [0.2, 0.25) is 0 Å². The zero-order valence-corrected chi connectivity index (χ0v) is 8.30. The smallest absolute Gasteiger partial charge is 0.230 e. The molecule has 1 fully saturated rings. The zero-order valence-electron chi connectivity index (χ0n) is 8.30. The van der Waals surface area contributed by atoms with Crippen molar-refractivity contribution in [3.8, 4) is 0 Å². The van der Waals surface area contributed by atoms with Gasteiger partial charge < -0.3 is 0 Å². The summed E-state index contributed by atoms with van der Waals surface area (Å²) in [5.74, 6) is -0.808. The number of aryl methyl sites for hydroxylation is 1. The van der Waals surface area contributed by atoms with Crippen molar-refractivity contribution in [2.75, 3.05) is 0 Å². The van der Waals surface area contributed by atoms with Crippen molar-refractivity contribution in [3.63, 3.8) is 0 Å². The van der Waals surface area contributed by atoms with Gasteiger partial charge >= 0.3 is 6.18 Å². The van der Waals surface area contributed by atoms with E-state index in [4.69, 9.17) is 0 Å². The van der Waals surface area contributed by atoms with Gasteiger partial charge in [0.2, 0.25) is 5.82 Å². The summed E-state index contributed by atoms with van der Waals surface area (Å²) in [6, 6.07) is 1.65. The van der Waals surface area contributed by atoms with E-state index in [9.17, 15) is 13.2 Å². The van der Waals surface area contributed by atoms with Crippen molar-refractivity contribution in [1.29, 1.82) is 0 Å². The molecular weight excluding hydrogens is 205 g/mol. The van der Waals surface area contributed by atoms with E-state index >= 15 is 0 Å². The quantitative estimate of drug-likeness (QED) is 0.721. The highest BCUT2D eigenvalue weighted by Gasteiger charge is 2.36. The summed E-state index contributed by atoms with van der Waals surface area (Å²) in [6.45, 7) is 1.57. The van der Waals surface area contributed by atoms with Gasteiger partial charge in [0.05, 0.1) is 0 Å². The molecule has 0 N–H and O–H groups in total. The summed E-state index contributed by atoms with van der Waals surface area (Å²) in [6.07, 6.45) is -1.49. The van der Waals surface area contributed by atoms with Crippen LogP contribution in [-0.4, -0.2) is 9.97 Å². The fourth-order valence-corrected chi connectivity index (χ4v) is 1.63. The third-order valence-corrected chi connectivity index (χ3v) is 2.65. The van der Waals surface area contributed by atoms with Crippen molar-refractivity contribution in [1.82, 2.24) is 9.97 Å². The number of nitrogens with zero attached hydrogens (tertiary/aromatic N) is 2. The van der Waals surface area contributed by atoms with Gasteiger partial charge in [-0.2, -0.15) is 13.2 Å². The first-order valence-electron chi connectivity index (χ1n) is 4.89. The number of hydrogen-bond acceptors (Lipinski definition) is 2. The lowest BCUT2D eigenvalue weighted by molar-refractivity contribution is -0.145. The number of halogens is 3. The summed E-state index contributed by atoms with van der Waals surface area (Å²) in [4.78, 5) is 7.00. The summed E-state index contributed by atoms with van der Waals surface area (Å²) in [7, 11) is 0. The molecule has 1 aromatic rings. The lowest BCUT2D eigenvalue weighted by atomic mass is 9.82. The SMILES string of the molecule is Cc1cc(C2CCC2)nc(C(F)(F)F)n1. The minimum Gasteiger partial charge on any atom is -0.230 e. The van der Waals surface area contributed by atoms with Crippen molar-refractivity contribution in [2.24, 2.45) is 0 Å². The molecule has 2 rings (SSSR count). The Hall–Kier alpha value is -1.13. The van der Waals surface area contributed by atoms with E-state index in [1.54, 1.807) is 13.0 Å². The fraction of sp³-hybridized carbons (Fsp3) is 0.600. The topological polar surface area (TPSA) is 25.8 Å². The van der Waals surface area contributed by atoms with E-state index in [1.807, 2.05) is 0 Å². The Balaban J connectivity index is 2.36. The lowest BCUT2D eigenvalue weighted by Gasteiger charge is -2.25. The number of alkyl halides is 3. The van der Waals surface area contributed by atoms with E-state index in [0.717, 1.165) is 19.3 Å². The van der Waals surface area contributed by atoms with Gasteiger partial charge in [0.25, 0.3) is 0 Å². The maximum absolute atomic E-state index is 12.4. The Bertz CT molecular complexity index is 369. The Morgan fingerprint density at radius 1 is 1.27 bits per heavy atom. The predicted octanol–water partition coefficient (Wildman–Crippen LogP) is 3.07. The minimum absolute atomic E-state index is 0.202. The second-order valence-electron chi connectivity index (χ2n) is 3.88. The second-order valence-corrected chi connectivity index (χ2v) is 3.88. The molecule has 0 amide bonds. The molecule has 0 spiro atoms. The van der Waals surface area contributed by atoms with E-state index in [-0.39, 0.29) is 5.92 Å². The third kappa shape index (κ3) is 2.11. The normalized spacial score (nSPS) is 17.6. The molecule has 1 heterocycles. The van der Waals surface area contributed by atoms with Crippen LogP contribution < -0.4 is 0 Å². The van der Waals surface area contributed by atoms with Gasteiger partial charge in [0.1, 0.15) is 0 Å². The largest absolute Gasteiger partial charge is 0.451 e. The van der Waals surface area contributed by atoms with Gasteiger partial charge in [0.15, 0.2) is 0 Å². The predicted molar refractivity (Wildman–Crippen MR) is 48.4 cm³/mol. The molecule has 1 saturated carbocycles. The van der Waals surface area contributed by atoms with Crippen LogP contribution in [0.15, 0.2) is 6.07 Å². The zero-order chi connectivity index (χ0) is 11.1. The van der Waals surface area contributed by atoms with Gasteiger partial charge in [-0.05, 0) is 25.8 Å². The van der Waals surface area contributed by atoms with Crippen LogP contribution in [0.1, 0.15) is 42.4 Å². The van der Waals surface area contributed by atoms with E-state index in [2.05, 4.69) is 9.97 Å². The maximum atomic E-state index is 12.4. The van der Waals surface area contributed by atoms with Crippen LogP contribution in [0.5, 0.6) is 0 Å². The Kier molecular flexibility index (Phi) is 2.40. The van der Waals surface area contributed by atoms with E-state index < -0.39 is 12.0 Å². The molecule has 82 valence electrons. The number of aromatic nitrogens is 2. The lowest BCUT2D eigenvalue weighted by Crippen LogP contribution is -2.17. The average Bonchev–Trinajstić information content (AvgIpc) is 1.97. The Morgan fingerprint density at radius 3 is 2.40 bits per heavy atom. The van der Waals surface area contributed by atoms with Crippen molar-refractivity contribution in [3.05, 3.63) is 23.3 Å². The van der Waals surface area contributed by atoms with Crippen LogP contribution in [-0.2, 0) is 6.18 Å². The number of hydrogen-bond donors (Lipinski definition) is 0. The highest BCUT2D eigenvalue weighted by Crippen LogP contribution is 2.36. The molecule has 0 radical (unpaired) electrons. The van der Waals surface area contributed by atoms with Crippen LogP contribution in [0.4, 0.5) is 13.2 Å². The Labute approximate surface area is 85.6 Å². The first kappa shape index (κ1) is 10.4. The van der Waals surface area contributed by atoms with Crippen LogP contribution in [0.25, 0.3) is 0 Å². The second kappa shape index (κ2) is 3.47. The molecule has 1 aromatic heterocycles. The maximum Gasteiger partial charge on any atom is 0.451 e.